The summed E-state index contributed by atoms with van der Waals surface area (Å²) in [7, 11) is -3.30. The van der Waals surface area contributed by atoms with Crippen LogP contribution < -0.4 is 0 Å². The fourth-order valence-corrected chi connectivity index (χ4v) is 1.44. The number of ketones is 1. The van der Waals surface area contributed by atoms with Gasteiger partial charge in [-0.15, -0.1) is 0 Å². The first-order valence-corrected chi connectivity index (χ1v) is 6.71. The molecule has 0 heterocycles. The molecule has 0 aromatic carbocycles. The molecule has 0 saturated carbocycles. The number of hydrogen-bond acceptors (Lipinski definition) is 3. The summed E-state index contributed by atoms with van der Waals surface area (Å²) in [6.07, 6.45) is 2.20. The summed E-state index contributed by atoms with van der Waals surface area (Å²) in [5.41, 5.74) is 0. The molecule has 0 spiro atoms. The minimum atomic E-state index is -3.30. The molecule has 0 aromatic rings. The van der Waals surface area contributed by atoms with Crippen molar-refractivity contribution in [3.05, 3.63) is 0 Å². The summed E-state index contributed by atoms with van der Waals surface area (Å²) in [5.74, 6) is 0.239. The van der Waals surface area contributed by atoms with Gasteiger partial charge in [-0.1, -0.05) is 13.8 Å². The van der Waals surface area contributed by atoms with E-state index >= 15 is 0 Å². The molecule has 0 fully saturated rings. The Bertz CT molecular complexity index is 299. The lowest BCUT2D eigenvalue weighted by molar-refractivity contribution is -0.121. The normalized spacial score (nSPS) is 13.3. The molecule has 0 unspecified atom stereocenters. The number of carbonyl (C=O) groups is 1. The van der Waals surface area contributed by atoms with Gasteiger partial charge in [0.2, 0.25) is 0 Å². The van der Waals surface area contributed by atoms with Gasteiger partial charge in [-0.05, 0) is 26.2 Å². The van der Waals surface area contributed by atoms with E-state index < -0.39 is 14.6 Å². The topological polar surface area (TPSA) is 51.2 Å². The Morgan fingerprint density at radius 2 is 1.71 bits per heavy atom. The van der Waals surface area contributed by atoms with Crippen molar-refractivity contribution in [3.8, 4) is 0 Å². The van der Waals surface area contributed by atoms with Crippen LogP contribution >= 0.6 is 0 Å². The first kappa shape index (κ1) is 13.6. The summed E-state index contributed by atoms with van der Waals surface area (Å²) in [6.45, 7) is 6.98. The maximum atomic E-state index is 11.6. The first-order valence-electron chi connectivity index (χ1n) is 4.82. The van der Waals surface area contributed by atoms with Crippen LogP contribution in [-0.2, 0) is 14.6 Å². The Morgan fingerprint density at radius 1 is 1.29 bits per heavy atom. The predicted molar refractivity (Wildman–Crippen MR) is 58.0 cm³/mol. The van der Waals surface area contributed by atoms with Gasteiger partial charge in [0.25, 0.3) is 0 Å². The Kier molecular flexibility index (Phi) is 4.31. The average Bonchev–Trinajstić information content (AvgIpc) is 1.97. The van der Waals surface area contributed by atoms with Crippen LogP contribution in [0.3, 0.4) is 0 Å². The Hall–Kier alpha value is -0.380. The van der Waals surface area contributed by atoms with Gasteiger partial charge in [0.1, 0.15) is 4.75 Å². The highest BCUT2D eigenvalue weighted by Gasteiger charge is 2.37. The van der Waals surface area contributed by atoms with Crippen molar-refractivity contribution in [1.82, 2.24) is 0 Å². The lowest BCUT2D eigenvalue weighted by Gasteiger charge is -2.21. The second kappa shape index (κ2) is 4.43. The van der Waals surface area contributed by atoms with E-state index in [4.69, 9.17) is 0 Å². The van der Waals surface area contributed by atoms with E-state index in [1.54, 1.807) is 0 Å². The maximum absolute atomic E-state index is 11.6. The molecule has 0 atom stereocenters. The lowest BCUT2D eigenvalue weighted by Crippen LogP contribution is -2.39. The second-order valence-corrected chi connectivity index (χ2v) is 7.20. The molecule has 3 nitrogen and oxygen atoms in total. The standard InChI is InChI=1S/C10H20O3S/c1-8(2)6-7-9(11)10(3,4)14(5,12)13/h8H,6-7H2,1-5H3. The van der Waals surface area contributed by atoms with Crippen LogP contribution in [0.1, 0.15) is 40.5 Å². The second-order valence-electron chi connectivity index (χ2n) is 4.64. The van der Waals surface area contributed by atoms with Crippen molar-refractivity contribution < 1.29 is 13.2 Å². The van der Waals surface area contributed by atoms with Crippen molar-refractivity contribution in [2.45, 2.75) is 45.3 Å². The number of rotatable bonds is 5. The highest BCUT2D eigenvalue weighted by atomic mass is 32.2. The number of hydrogen-bond donors (Lipinski definition) is 0. The van der Waals surface area contributed by atoms with Gasteiger partial charge in [0, 0.05) is 12.7 Å². The zero-order valence-corrected chi connectivity index (χ0v) is 10.4. The van der Waals surface area contributed by atoms with E-state index in [1.807, 2.05) is 13.8 Å². The minimum absolute atomic E-state index is 0.186. The number of Topliss-reactive ketones (excluding diaryl/α,β-unsaturated/α-hetero) is 1. The molecular formula is C10H20O3S. The van der Waals surface area contributed by atoms with Crippen molar-refractivity contribution in [3.63, 3.8) is 0 Å². The third-order valence-corrected chi connectivity index (χ3v) is 4.63. The molecule has 0 aromatic heterocycles. The Morgan fingerprint density at radius 3 is 2.00 bits per heavy atom. The van der Waals surface area contributed by atoms with Crippen molar-refractivity contribution in [2.24, 2.45) is 5.92 Å². The zero-order chi connectivity index (χ0) is 11.6. The quantitative estimate of drug-likeness (QED) is 0.710. The van der Waals surface area contributed by atoms with E-state index in [-0.39, 0.29) is 5.78 Å². The Labute approximate surface area is 86.8 Å². The molecule has 0 aliphatic rings. The third kappa shape index (κ3) is 3.40. The van der Waals surface area contributed by atoms with Gasteiger partial charge < -0.3 is 0 Å². The largest absolute Gasteiger partial charge is 0.298 e. The molecule has 0 bridgehead atoms. The zero-order valence-electron chi connectivity index (χ0n) is 9.62. The smallest absolute Gasteiger partial charge is 0.159 e. The van der Waals surface area contributed by atoms with Crippen LogP contribution in [0.25, 0.3) is 0 Å². The van der Waals surface area contributed by atoms with E-state index in [2.05, 4.69) is 0 Å². The van der Waals surface area contributed by atoms with Crippen molar-refractivity contribution >= 4 is 15.6 Å². The van der Waals surface area contributed by atoms with Crippen LogP contribution in [-0.4, -0.2) is 25.2 Å². The fourth-order valence-electron chi connectivity index (χ4n) is 0.928. The van der Waals surface area contributed by atoms with E-state index in [0.717, 1.165) is 12.7 Å². The lowest BCUT2D eigenvalue weighted by atomic mass is 9.99. The molecule has 0 radical (unpaired) electrons. The molecule has 0 amide bonds. The highest BCUT2D eigenvalue weighted by Crippen LogP contribution is 2.20. The summed E-state index contributed by atoms with van der Waals surface area (Å²) < 4.78 is 21.4. The summed E-state index contributed by atoms with van der Waals surface area (Å²) in [5, 5.41) is 0. The van der Waals surface area contributed by atoms with Crippen molar-refractivity contribution in [1.29, 1.82) is 0 Å². The molecule has 84 valence electrons. The van der Waals surface area contributed by atoms with Crippen LogP contribution in [0.4, 0.5) is 0 Å². The minimum Gasteiger partial charge on any atom is -0.298 e. The molecule has 0 aliphatic heterocycles. The van der Waals surface area contributed by atoms with E-state index in [9.17, 15) is 13.2 Å². The van der Waals surface area contributed by atoms with Gasteiger partial charge >= 0.3 is 0 Å². The molecule has 4 heteroatoms. The van der Waals surface area contributed by atoms with Crippen LogP contribution in [0.15, 0.2) is 0 Å². The highest BCUT2D eigenvalue weighted by molar-refractivity contribution is 7.92. The van der Waals surface area contributed by atoms with Gasteiger partial charge in [-0.25, -0.2) is 8.42 Å². The molecular weight excluding hydrogens is 200 g/mol. The number of carbonyl (C=O) groups excluding carboxylic acids is 1. The predicted octanol–water partition coefficient (Wildman–Crippen LogP) is 1.81. The van der Waals surface area contributed by atoms with Gasteiger partial charge in [-0.2, -0.15) is 0 Å². The third-order valence-electron chi connectivity index (χ3n) is 2.55. The van der Waals surface area contributed by atoms with E-state index in [1.165, 1.54) is 13.8 Å². The SMILES string of the molecule is CC(C)CCC(=O)C(C)(C)S(C)(=O)=O. The molecule has 0 aliphatic carbocycles. The summed E-state index contributed by atoms with van der Waals surface area (Å²) in [4.78, 5) is 11.6. The molecule has 0 rings (SSSR count). The van der Waals surface area contributed by atoms with Crippen LogP contribution in [0.5, 0.6) is 0 Å². The van der Waals surface area contributed by atoms with E-state index in [0.29, 0.717) is 12.3 Å². The van der Waals surface area contributed by atoms with Gasteiger partial charge in [-0.3, -0.25) is 4.79 Å². The summed E-state index contributed by atoms with van der Waals surface area (Å²) >= 11 is 0. The Balaban J connectivity index is 4.54. The average molecular weight is 220 g/mol. The maximum Gasteiger partial charge on any atom is 0.159 e. The molecule has 0 saturated heterocycles. The van der Waals surface area contributed by atoms with Crippen LogP contribution in [0, 0.1) is 5.92 Å². The fraction of sp³-hybridized carbons (Fsp3) is 0.900. The molecule has 0 N–H and O–H groups in total. The van der Waals surface area contributed by atoms with Crippen molar-refractivity contribution in [2.75, 3.05) is 6.26 Å². The summed E-state index contributed by atoms with van der Waals surface area (Å²) in [6, 6.07) is 0. The first-order chi connectivity index (χ1) is 6.09. The van der Waals surface area contributed by atoms with Crippen LogP contribution in [0.2, 0.25) is 0 Å². The van der Waals surface area contributed by atoms with Gasteiger partial charge in [0.05, 0.1) is 0 Å². The van der Waals surface area contributed by atoms with Gasteiger partial charge in [0.15, 0.2) is 15.6 Å². The monoisotopic (exact) mass is 220 g/mol. The molecule has 14 heavy (non-hydrogen) atoms. The number of sulfone groups is 1.